The van der Waals surface area contributed by atoms with Crippen molar-refractivity contribution in [1.29, 1.82) is 0 Å². The third-order valence-corrected chi connectivity index (χ3v) is 4.32. The van der Waals surface area contributed by atoms with Crippen molar-refractivity contribution < 1.29 is 23.4 Å². The van der Waals surface area contributed by atoms with Crippen molar-refractivity contribution >= 4 is 5.91 Å². The number of ether oxygens (including phenoxy) is 1. The van der Waals surface area contributed by atoms with Gasteiger partial charge < -0.3 is 15.2 Å². The number of carbonyl (C=O) groups is 1. The molecule has 23 heavy (non-hydrogen) atoms. The van der Waals surface area contributed by atoms with Crippen LogP contribution >= 0.6 is 0 Å². The van der Waals surface area contributed by atoms with Crippen LogP contribution in [0.25, 0.3) is 0 Å². The Kier molecular flexibility index (Phi) is 6.77. The van der Waals surface area contributed by atoms with Crippen LogP contribution < -0.4 is 10.1 Å². The number of aliphatic hydroxyl groups is 1. The summed E-state index contributed by atoms with van der Waals surface area (Å²) in [7, 11) is 0. The number of nitrogens with one attached hydrogen (secondary N) is 1. The minimum Gasteiger partial charge on any atom is -0.435 e. The van der Waals surface area contributed by atoms with Crippen LogP contribution in [0.2, 0.25) is 0 Å². The SMILES string of the molecule is O=C(N[C@H](CCO)C1CCCCC1)c1ccc(OC(F)F)cc1. The van der Waals surface area contributed by atoms with Crippen molar-refractivity contribution in [2.24, 2.45) is 5.92 Å². The van der Waals surface area contributed by atoms with E-state index in [0.29, 0.717) is 17.9 Å². The van der Waals surface area contributed by atoms with E-state index in [9.17, 15) is 18.7 Å². The largest absolute Gasteiger partial charge is 0.435 e. The van der Waals surface area contributed by atoms with Gasteiger partial charge in [0.25, 0.3) is 5.91 Å². The van der Waals surface area contributed by atoms with Crippen molar-refractivity contribution in [2.75, 3.05) is 6.61 Å². The Morgan fingerprint density at radius 1 is 1.22 bits per heavy atom. The van der Waals surface area contributed by atoms with E-state index in [0.717, 1.165) is 25.7 Å². The van der Waals surface area contributed by atoms with Crippen molar-refractivity contribution in [3.8, 4) is 5.75 Å². The molecule has 0 aliphatic heterocycles. The molecule has 6 heteroatoms. The number of halogens is 2. The summed E-state index contributed by atoms with van der Waals surface area (Å²) in [6.45, 7) is -2.85. The first-order valence-corrected chi connectivity index (χ1v) is 8.06. The van der Waals surface area contributed by atoms with Crippen molar-refractivity contribution in [3.05, 3.63) is 29.8 Å². The van der Waals surface area contributed by atoms with E-state index in [1.807, 2.05) is 0 Å². The van der Waals surface area contributed by atoms with Crippen LogP contribution in [-0.4, -0.2) is 30.3 Å². The molecule has 0 aromatic heterocycles. The van der Waals surface area contributed by atoms with Gasteiger partial charge in [0, 0.05) is 18.2 Å². The Bertz CT molecular complexity index is 487. The number of amides is 1. The second-order valence-corrected chi connectivity index (χ2v) is 5.89. The fraction of sp³-hybridized carbons (Fsp3) is 0.588. The zero-order chi connectivity index (χ0) is 16.7. The minimum atomic E-state index is -2.88. The smallest absolute Gasteiger partial charge is 0.387 e. The first-order chi connectivity index (χ1) is 11.1. The first kappa shape index (κ1) is 17.7. The molecule has 2 N–H and O–H groups in total. The molecule has 0 heterocycles. The summed E-state index contributed by atoms with van der Waals surface area (Å²) >= 11 is 0. The Balaban J connectivity index is 1.97. The van der Waals surface area contributed by atoms with Gasteiger partial charge in [-0.15, -0.1) is 0 Å². The molecule has 1 aliphatic carbocycles. The average molecular weight is 327 g/mol. The lowest BCUT2D eigenvalue weighted by Crippen LogP contribution is -2.41. The maximum Gasteiger partial charge on any atom is 0.387 e. The second-order valence-electron chi connectivity index (χ2n) is 5.89. The molecule has 0 radical (unpaired) electrons. The van der Waals surface area contributed by atoms with E-state index in [-0.39, 0.29) is 24.3 Å². The molecular formula is C17H23F2NO3. The zero-order valence-electron chi connectivity index (χ0n) is 13.0. The molecule has 0 saturated heterocycles. The molecule has 1 aromatic carbocycles. The summed E-state index contributed by atoms with van der Waals surface area (Å²) in [4.78, 5) is 12.3. The lowest BCUT2D eigenvalue weighted by molar-refractivity contribution is -0.0498. The topological polar surface area (TPSA) is 58.6 Å². The lowest BCUT2D eigenvalue weighted by atomic mass is 9.82. The van der Waals surface area contributed by atoms with E-state index >= 15 is 0 Å². The van der Waals surface area contributed by atoms with Crippen molar-refractivity contribution in [1.82, 2.24) is 5.32 Å². The number of alkyl halides is 2. The molecule has 128 valence electrons. The quantitative estimate of drug-likeness (QED) is 0.807. The van der Waals surface area contributed by atoms with Gasteiger partial charge in [-0.1, -0.05) is 19.3 Å². The molecular weight excluding hydrogens is 304 g/mol. The Labute approximate surface area is 134 Å². The predicted octanol–water partition coefficient (Wildman–Crippen LogP) is 3.35. The number of aliphatic hydroxyl groups excluding tert-OH is 1. The van der Waals surface area contributed by atoms with Crippen molar-refractivity contribution in [2.45, 2.75) is 51.2 Å². The second kappa shape index (κ2) is 8.82. The van der Waals surface area contributed by atoms with E-state index in [1.54, 1.807) is 0 Å². The number of hydrogen-bond donors (Lipinski definition) is 2. The van der Waals surface area contributed by atoms with Gasteiger partial charge in [-0.2, -0.15) is 8.78 Å². The van der Waals surface area contributed by atoms with Crippen LogP contribution in [0, 0.1) is 5.92 Å². The number of rotatable bonds is 7. The van der Waals surface area contributed by atoms with Crippen molar-refractivity contribution in [3.63, 3.8) is 0 Å². The molecule has 1 fully saturated rings. The van der Waals surface area contributed by atoms with Gasteiger partial charge in [0.2, 0.25) is 0 Å². The molecule has 2 rings (SSSR count). The summed E-state index contributed by atoms with van der Waals surface area (Å²) in [6.07, 6.45) is 6.19. The van der Waals surface area contributed by atoms with Gasteiger partial charge >= 0.3 is 6.61 Å². The zero-order valence-corrected chi connectivity index (χ0v) is 13.0. The standard InChI is InChI=1S/C17H23F2NO3/c18-17(19)23-14-8-6-13(7-9-14)16(22)20-15(10-11-21)12-4-2-1-3-5-12/h6-9,12,15,17,21H,1-5,10-11H2,(H,20,22)/t15-/m1/s1. The van der Waals surface area contributed by atoms with Gasteiger partial charge in [0.05, 0.1) is 0 Å². The van der Waals surface area contributed by atoms with Crippen LogP contribution in [0.1, 0.15) is 48.9 Å². The summed E-state index contributed by atoms with van der Waals surface area (Å²) in [5.74, 6) is 0.162. The van der Waals surface area contributed by atoms with Crippen LogP contribution in [0.15, 0.2) is 24.3 Å². The highest BCUT2D eigenvalue weighted by Gasteiger charge is 2.25. The van der Waals surface area contributed by atoms with E-state index in [4.69, 9.17) is 0 Å². The fourth-order valence-corrected chi connectivity index (χ4v) is 3.14. The predicted molar refractivity (Wildman–Crippen MR) is 82.6 cm³/mol. The molecule has 0 bridgehead atoms. The molecule has 1 amide bonds. The number of carbonyl (C=O) groups excluding carboxylic acids is 1. The van der Waals surface area contributed by atoms with Crippen LogP contribution in [0.4, 0.5) is 8.78 Å². The molecule has 0 spiro atoms. The molecule has 1 saturated carbocycles. The van der Waals surface area contributed by atoms with Gasteiger partial charge in [-0.05, 0) is 49.4 Å². The van der Waals surface area contributed by atoms with Crippen LogP contribution in [-0.2, 0) is 0 Å². The van der Waals surface area contributed by atoms with Gasteiger partial charge in [0.15, 0.2) is 0 Å². The molecule has 4 nitrogen and oxygen atoms in total. The Morgan fingerprint density at radius 2 is 1.87 bits per heavy atom. The highest BCUT2D eigenvalue weighted by atomic mass is 19.3. The fourth-order valence-electron chi connectivity index (χ4n) is 3.14. The normalized spacial score (nSPS) is 17.0. The summed E-state index contributed by atoms with van der Waals surface area (Å²) in [6, 6.07) is 5.57. The Morgan fingerprint density at radius 3 is 2.43 bits per heavy atom. The molecule has 1 atom stereocenters. The third kappa shape index (κ3) is 5.46. The van der Waals surface area contributed by atoms with Crippen LogP contribution in [0.3, 0.4) is 0 Å². The van der Waals surface area contributed by atoms with Crippen LogP contribution in [0.5, 0.6) is 5.75 Å². The maximum absolute atomic E-state index is 12.3. The average Bonchev–Trinajstić information content (AvgIpc) is 2.55. The van der Waals surface area contributed by atoms with Gasteiger partial charge in [-0.25, -0.2) is 0 Å². The Hall–Kier alpha value is -1.69. The molecule has 1 aliphatic rings. The highest BCUT2D eigenvalue weighted by molar-refractivity contribution is 5.94. The summed E-state index contributed by atoms with van der Waals surface area (Å²) in [5.41, 5.74) is 0.394. The number of hydrogen-bond acceptors (Lipinski definition) is 3. The van der Waals surface area contributed by atoms with E-state index < -0.39 is 6.61 Å². The van der Waals surface area contributed by atoms with Gasteiger partial charge in [-0.3, -0.25) is 4.79 Å². The molecule has 1 aromatic rings. The first-order valence-electron chi connectivity index (χ1n) is 8.06. The van der Waals surface area contributed by atoms with Gasteiger partial charge in [0.1, 0.15) is 5.75 Å². The summed E-state index contributed by atoms with van der Waals surface area (Å²) < 4.78 is 28.5. The highest BCUT2D eigenvalue weighted by Crippen LogP contribution is 2.28. The molecule has 0 unspecified atom stereocenters. The van der Waals surface area contributed by atoms with E-state index in [2.05, 4.69) is 10.1 Å². The number of benzene rings is 1. The van der Waals surface area contributed by atoms with E-state index in [1.165, 1.54) is 30.7 Å². The maximum atomic E-state index is 12.3. The monoisotopic (exact) mass is 327 g/mol. The minimum absolute atomic E-state index is 0.0238. The lowest BCUT2D eigenvalue weighted by Gasteiger charge is -2.30. The third-order valence-electron chi connectivity index (χ3n) is 4.32. The summed E-state index contributed by atoms with van der Waals surface area (Å²) in [5, 5.41) is 12.2.